The highest BCUT2D eigenvalue weighted by molar-refractivity contribution is 5.92. The van der Waals surface area contributed by atoms with Crippen molar-refractivity contribution in [3.05, 3.63) is 46.9 Å². The minimum Gasteiger partial charge on any atom is -0.463 e. The number of carbonyl (C=O) groups is 1. The van der Waals surface area contributed by atoms with Gasteiger partial charge in [0.25, 0.3) is 0 Å². The van der Waals surface area contributed by atoms with Crippen LogP contribution in [0.4, 0.5) is 23.5 Å². The van der Waals surface area contributed by atoms with Crippen molar-refractivity contribution in [3.63, 3.8) is 0 Å². The van der Waals surface area contributed by atoms with Crippen LogP contribution in [0.25, 0.3) is 0 Å². The molecule has 2 heterocycles. The molecule has 0 fully saturated rings. The minimum absolute atomic E-state index is 0.119. The summed E-state index contributed by atoms with van der Waals surface area (Å²) in [4.78, 5) is 12.3. The Hall–Kier alpha value is -2.98. The fourth-order valence-corrected chi connectivity index (χ4v) is 2.49. The van der Waals surface area contributed by atoms with Gasteiger partial charge in [-0.2, -0.15) is 17.9 Å². The molecule has 132 valence electrons. The lowest BCUT2D eigenvalue weighted by Gasteiger charge is -2.29. The third-order valence-corrected chi connectivity index (χ3v) is 3.48. The quantitative estimate of drug-likeness (QED) is 0.670. The van der Waals surface area contributed by atoms with E-state index in [1.165, 1.54) is 19.1 Å². The second kappa shape index (κ2) is 6.15. The average molecular weight is 357 g/mol. The number of esters is 1. The van der Waals surface area contributed by atoms with E-state index < -0.39 is 35.3 Å². The van der Waals surface area contributed by atoms with Crippen LogP contribution in [0.3, 0.4) is 0 Å². The zero-order valence-corrected chi connectivity index (χ0v) is 12.7. The molecule has 1 aliphatic rings. The summed E-state index contributed by atoms with van der Waals surface area (Å²) in [6, 6.07) is 3.32. The summed E-state index contributed by atoms with van der Waals surface area (Å²) in [5.41, 5.74) is -1.83. The monoisotopic (exact) mass is 357 g/mol. The number of anilines is 1. The van der Waals surface area contributed by atoms with Gasteiger partial charge in [0.1, 0.15) is 17.6 Å². The van der Waals surface area contributed by atoms with Crippen molar-refractivity contribution in [2.45, 2.75) is 19.1 Å². The SMILES string of the molecule is CCOC(=O)C1=C(C(F)(F)F)Nc2nnnn2C1c1ccc(F)cc1. The van der Waals surface area contributed by atoms with Crippen LogP contribution in [-0.2, 0) is 9.53 Å². The summed E-state index contributed by atoms with van der Waals surface area (Å²) in [6.07, 6.45) is -4.88. The summed E-state index contributed by atoms with van der Waals surface area (Å²) < 4.78 is 59.4. The van der Waals surface area contributed by atoms with Gasteiger partial charge in [0.15, 0.2) is 0 Å². The summed E-state index contributed by atoms with van der Waals surface area (Å²) >= 11 is 0. The average Bonchev–Trinajstić information content (AvgIpc) is 3.01. The van der Waals surface area contributed by atoms with Crippen LogP contribution < -0.4 is 5.32 Å². The zero-order chi connectivity index (χ0) is 18.2. The Morgan fingerprint density at radius 3 is 2.60 bits per heavy atom. The highest BCUT2D eigenvalue weighted by Crippen LogP contribution is 2.40. The van der Waals surface area contributed by atoms with Gasteiger partial charge in [-0.1, -0.05) is 17.2 Å². The van der Waals surface area contributed by atoms with Crippen LogP contribution in [0.5, 0.6) is 0 Å². The van der Waals surface area contributed by atoms with Gasteiger partial charge in [-0.3, -0.25) is 0 Å². The number of aromatic nitrogens is 4. The molecule has 1 unspecified atom stereocenters. The Balaban J connectivity index is 2.24. The standard InChI is InChI=1S/C14H11F4N5O2/c1-2-25-12(24)9-10(7-3-5-8(15)6-4-7)23-13(20-21-22-23)19-11(9)14(16,17)18/h3-6,10H,2H2,1H3,(H,19,20,22). The molecule has 0 radical (unpaired) electrons. The van der Waals surface area contributed by atoms with Crippen LogP contribution >= 0.6 is 0 Å². The molecule has 0 aliphatic carbocycles. The van der Waals surface area contributed by atoms with Gasteiger partial charge in [0.2, 0.25) is 5.95 Å². The van der Waals surface area contributed by atoms with Crippen LogP contribution in [0.2, 0.25) is 0 Å². The molecule has 11 heteroatoms. The summed E-state index contributed by atoms with van der Waals surface area (Å²) in [5.74, 6) is -2.04. The molecule has 1 aromatic heterocycles. The van der Waals surface area contributed by atoms with Gasteiger partial charge < -0.3 is 10.1 Å². The first-order valence-electron chi connectivity index (χ1n) is 7.11. The van der Waals surface area contributed by atoms with E-state index >= 15 is 0 Å². The van der Waals surface area contributed by atoms with Crippen molar-refractivity contribution in [2.75, 3.05) is 11.9 Å². The maximum atomic E-state index is 13.5. The van der Waals surface area contributed by atoms with Gasteiger partial charge in [0.05, 0.1) is 12.2 Å². The zero-order valence-electron chi connectivity index (χ0n) is 12.7. The second-order valence-electron chi connectivity index (χ2n) is 5.03. The molecular weight excluding hydrogens is 346 g/mol. The number of benzene rings is 1. The lowest BCUT2D eigenvalue weighted by Crippen LogP contribution is -2.35. The molecule has 25 heavy (non-hydrogen) atoms. The van der Waals surface area contributed by atoms with E-state index in [-0.39, 0.29) is 18.1 Å². The predicted molar refractivity (Wildman–Crippen MR) is 75.7 cm³/mol. The molecule has 0 bridgehead atoms. The third-order valence-electron chi connectivity index (χ3n) is 3.48. The summed E-state index contributed by atoms with van der Waals surface area (Å²) in [6.45, 7) is 1.35. The van der Waals surface area contributed by atoms with Crippen LogP contribution in [0.15, 0.2) is 35.5 Å². The van der Waals surface area contributed by atoms with Gasteiger partial charge in [0, 0.05) is 0 Å². The Labute approximate surface area is 138 Å². The van der Waals surface area contributed by atoms with E-state index in [0.29, 0.717) is 0 Å². The number of hydrogen-bond donors (Lipinski definition) is 1. The Kier molecular flexibility index (Phi) is 4.15. The van der Waals surface area contributed by atoms with Crippen molar-refractivity contribution in [3.8, 4) is 0 Å². The number of alkyl halides is 3. The van der Waals surface area contributed by atoms with Crippen LogP contribution in [-0.4, -0.2) is 39.0 Å². The maximum absolute atomic E-state index is 13.5. The Bertz CT molecular complexity index is 828. The fraction of sp³-hybridized carbons (Fsp3) is 0.286. The van der Waals surface area contributed by atoms with Gasteiger partial charge in [-0.25, -0.2) is 9.18 Å². The van der Waals surface area contributed by atoms with Crippen molar-refractivity contribution in [2.24, 2.45) is 0 Å². The molecule has 2 aromatic rings. The van der Waals surface area contributed by atoms with Crippen molar-refractivity contribution < 1.29 is 27.1 Å². The number of halogens is 4. The lowest BCUT2D eigenvalue weighted by atomic mass is 9.95. The largest absolute Gasteiger partial charge is 0.463 e. The molecule has 0 saturated heterocycles. The third kappa shape index (κ3) is 3.04. The molecule has 0 saturated carbocycles. The fourth-order valence-electron chi connectivity index (χ4n) is 2.49. The van der Waals surface area contributed by atoms with E-state index in [4.69, 9.17) is 4.74 Å². The number of allylic oxidation sites excluding steroid dienone is 1. The molecule has 1 N–H and O–H groups in total. The first kappa shape index (κ1) is 16.9. The van der Waals surface area contributed by atoms with Crippen molar-refractivity contribution >= 4 is 11.9 Å². The van der Waals surface area contributed by atoms with Crippen molar-refractivity contribution in [1.29, 1.82) is 0 Å². The van der Waals surface area contributed by atoms with E-state index in [1.807, 2.05) is 5.32 Å². The van der Waals surface area contributed by atoms with E-state index in [9.17, 15) is 22.4 Å². The number of rotatable bonds is 3. The molecule has 0 amide bonds. The summed E-state index contributed by atoms with van der Waals surface area (Å²) in [5, 5.41) is 12.5. The molecule has 7 nitrogen and oxygen atoms in total. The molecule has 0 spiro atoms. The van der Waals surface area contributed by atoms with Gasteiger partial charge in [-0.05, 0) is 35.0 Å². The van der Waals surface area contributed by atoms with E-state index in [1.54, 1.807) is 0 Å². The molecule has 1 aromatic carbocycles. The number of fused-ring (bicyclic) bond motifs is 1. The number of hydrogen-bond acceptors (Lipinski definition) is 6. The highest BCUT2D eigenvalue weighted by Gasteiger charge is 2.46. The first-order chi connectivity index (χ1) is 11.8. The number of tetrazole rings is 1. The van der Waals surface area contributed by atoms with Gasteiger partial charge >= 0.3 is 12.1 Å². The maximum Gasteiger partial charge on any atom is 0.431 e. The topological polar surface area (TPSA) is 81.9 Å². The smallest absolute Gasteiger partial charge is 0.431 e. The Morgan fingerprint density at radius 1 is 1.32 bits per heavy atom. The van der Waals surface area contributed by atoms with Crippen LogP contribution in [0.1, 0.15) is 18.5 Å². The normalized spacial score (nSPS) is 17.1. The highest BCUT2D eigenvalue weighted by atomic mass is 19.4. The molecule has 1 atom stereocenters. The Morgan fingerprint density at radius 2 is 2.00 bits per heavy atom. The molecule has 3 rings (SSSR count). The molecule has 1 aliphatic heterocycles. The van der Waals surface area contributed by atoms with E-state index in [0.717, 1.165) is 16.8 Å². The summed E-state index contributed by atoms with van der Waals surface area (Å²) in [7, 11) is 0. The minimum atomic E-state index is -4.88. The first-order valence-corrected chi connectivity index (χ1v) is 7.11. The van der Waals surface area contributed by atoms with Crippen molar-refractivity contribution in [1.82, 2.24) is 20.2 Å². The number of nitrogens with one attached hydrogen (secondary N) is 1. The lowest BCUT2D eigenvalue weighted by molar-refractivity contribution is -0.140. The molecular formula is C14H11F4N5O2. The number of ether oxygens (including phenoxy) is 1. The number of carbonyl (C=O) groups excluding carboxylic acids is 1. The van der Waals surface area contributed by atoms with Crippen LogP contribution in [0, 0.1) is 5.82 Å². The number of nitrogens with zero attached hydrogens (tertiary/aromatic N) is 4. The predicted octanol–water partition coefficient (Wildman–Crippen LogP) is 2.21. The second-order valence-corrected chi connectivity index (χ2v) is 5.03. The van der Waals surface area contributed by atoms with E-state index in [2.05, 4.69) is 15.5 Å². The van der Waals surface area contributed by atoms with Gasteiger partial charge in [-0.15, -0.1) is 0 Å².